The number of hydrogen-bond acceptors (Lipinski definition) is 4. The SMILES string of the molecule is O=C1CC(C(=O)N2CCN(C(c3ccc(F)cc3)c3ccc(F)cc3)CC2)Sc2ccccc2N1. The van der Waals surface area contributed by atoms with E-state index in [1.165, 1.54) is 36.0 Å². The number of para-hydroxylation sites is 1. The third-order valence-electron chi connectivity index (χ3n) is 6.44. The van der Waals surface area contributed by atoms with Crippen molar-refractivity contribution in [1.82, 2.24) is 9.80 Å². The fraction of sp³-hybridized carbons (Fsp3) is 0.259. The Balaban J connectivity index is 1.31. The van der Waals surface area contributed by atoms with Gasteiger partial charge in [-0.3, -0.25) is 14.5 Å². The molecule has 0 aromatic heterocycles. The van der Waals surface area contributed by atoms with Crippen LogP contribution in [-0.2, 0) is 9.59 Å². The second-order valence-corrected chi connectivity index (χ2v) is 9.97. The number of amides is 2. The van der Waals surface area contributed by atoms with Crippen LogP contribution in [0, 0.1) is 11.6 Å². The molecule has 0 saturated carbocycles. The summed E-state index contributed by atoms with van der Waals surface area (Å²) in [5, 5.41) is 2.41. The molecule has 2 amide bonds. The number of carbonyl (C=O) groups excluding carboxylic acids is 2. The van der Waals surface area contributed by atoms with Crippen molar-refractivity contribution in [3.63, 3.8) is 0 Å². The molecule has 0 aliphatic carbocycles. The van der Waals surface area contributed by atoms with E-state index in [1.54, 1.807) is 24.3 Å². The Bertz CT molecular complexity index is 1170. The van der Waals surface area contributed by atoms with Crippen molar-refractivity contribution >= 4 is 29.3 Å². The van der Waals surface area contributed by atoms with E-state index in [-0.39, 0.29) is 35.9 Å². The first kappa shape index (κ1) is 23.5. The van der Waals surface area contributed by atoms with Gasteiger partial charge >= 0.3 is 0 Å². The summed E-state index contributed by atoms with van der Waals surface area (Å²) in [6, 6.07) is 20.0. The number of rotatable bonds is 4. The van der Waals surface area contributed by atoms with Gasteiger partial charge in [0.25, 0.3) is 0 Å². The van der Waals surface area contributed by atoms with Gasteiger partial charge in [-0.15, -0.1) is 11.8 Å². The van der Waals surface area contributed by atoms with Crippen molar-refractivity contribution in [3.05, 3.63) is 95.6 Å². The Hall–Kier alpha value is -3.23. The van der Waals surface area contributed by atoms with Gasteiger partial charge < -0.3 is 10.2 Å². The molecule has 1 fully saturated rings. The summed E-state index contributed by atoms with van der Waals surface area (Å²) in [6.45, 7) is 2.23. The number of benzene rings is 3. The van der Waals surface area contributed by atoms with Gasteiger partial charge in [-0.1, -0.05) is 36.4 Å². The average molecular weight is 494 g/mol. The molecule has 1 unspecified atom stereocenters. The van der Waals surface area contributed by atoms with Crippen LogP contribution in [0.3, 0.4) is 0 Å². The van der Waals surface area contributed by atoms with Gasteiger partial charge in [0.15, 0.2) is 0 Å². The zero-order chi connectivity index (χ0) is 24.4. The molecular weight excluding hydrogens is 468 g/mol. The van der Waals surface area contributed by atoms with Crippen LogP contribution in [0.5, 0.6) is 0 Å². The highest BCUT2D eigenvalue weighted by Crippen LogP contribution is 2.36. The van der Waals surface area contributed by atoms with E-state index in [9.17, 15) is 18.4 Å². The highest BCUT2D eigenvalue weighted by atomic mass is 32.2. The number of thioether (sulfide) groups is 1. The van der Waals surface area contributed by atoms with Crippen molar-refractivity contribution in [3.8, 4) is 0 Å². The fourth-order valence-corrected chi connectivity index (χ4v) is 5.88. The number of halogens is 2. The van der Waals surface area contributed by atoms with Crippen LogP contribution < -0.4 is 5.32 Å². The molecule has 1 atom stereocenters. The normalized spacial score (nSPS) is 18.7. The Kier molecular flexibility index (Phi) is 6.83. The molecule has 35 heavy (non-hydrogen) atoms. The molecule has 5 rings (SSSR count). The number of hydrogen-bond donors (Lipinski definition) is 1. The number of nitrogens with zero attached hydrogens (tertiary/aromatic N) is 2. The second kappa shape index (κ2) is 10.2. The van der Waals surface area contributed by atoms with Crippen molar-refractivity contribution < 1.29 is 18.4 Å². The summed E-state index contributed by atoms with van der Waals surface area (Å²) in [5.41, 5.74) is 2.56. The van der Waals surface area contributed by atoms with E-state index in [1.807, 2.05) is 29.2 Å². The number of carbonyl (C=O) groups is 2. The molecule has 0 radical (unpaired) electrons. The minimum atomic E-state index is -0.477. The maximum atomic E-state index is 13.6. The topological polar surface area (TPSA) is 52.7 Å². The standard InChI is InChI=1S/C27H25F2N3O2S/c28-20-9-5-18(6-10-20)26(19-7-11-21(29)12-8-19)31-13-15-32(16-14-31)27(34)24-17-25(33)30-22-3-1-2-4-23(22)35-24/h1-12,24,26H,13-17H2,(H,30,33). The highest BCUT2D eigenvalue weighted by Gasteiger charge is 2.34. The fourth-order valence-electron chi connectivity index (χ4n) is 4.68. The van der Waals surface area contributed by atoms with E-state index < -0.39 is 5.25 Å². The summed E-state index contributed by atoms with van der Waals surface area (Å²) in [6.07, 6.45) is 0.131. The Morgan fingerprint density at radius 3 is 2.03 bits per heavy atom. The predicted molar refractivity (Wildman–Crippen MR) is 132 cm³/mol. The van der Waals surface area contributed by atoms with Crippen molar-refractivity contribution in [1.29, 1.82) is 0 Å². The number of anilines is 1. The van der Waals surface area contributed by atoms with Crippen molar-refractivity contribution in [2.45, 2.75) is 22.6 Å². The monoisotopic (exact) mass is 493 g/mol. The van der Waals surface area contributed by atoms with Crippen LogP contribution in [0.4, 0.5) is 14.5 Å². The Morgan fingerprint density at radius 2 is 1.43 bits per heavy atom. The van der Waals surface area contributed by atoms with Crippen LogP contribution in [0.25, 0.3) is 0 Å². The first-order valence-corrected chi connectivity index (χ1v) is 12.5. The minimum Gasteiger partial charge on any atom is -0.339 e. The second-order valence-electron chi connectivity index (χ2n) is 8.72. The van der Waals surface area contributed by atoms with Gasteiger partial charge in [-0.05, 0) is 47.5 Å². The largest absolute Gasteiger partial charge is 0.339 e. The third-order valence-corrected chi connectivity index (χ3v) is 7.70. The van der Waals surface area contributed by atoms with Crippen LogP contribution in [0.1, 0.15) is 23.6 Å². The summed E-state index contributed by atoms with van der Waals surface area (Å²) < 4.78 is 27.2. The van der Waals surface area contributed by atoms with Crippen LogP contribution in [0.15, 0.2) is 77.7 Å². The molecular formula is C27H25F2N3O2S. The summed E-state index contributed by atoms with van der Waals surface area (Å²) in [5.74, 6) is -0.823. The van der Waals surface area contributed by atoms with Crippen LogP contribution in [0.2, 0.25) is 0 Å². The van der Waals surface area contributed by atoms with Gasteiger partial charge in [-0.2, -0.15) is 0 Å². The summed E-state index contributed by atoms with van der Waals surface area (Å²) >= 11 is 1.43. The van der Waals surface area contributed by atoms with E-state index in [2.05, 4.69) is 10.2 Å². The smallest absolute Gasteiger partial charge is 0.236 e. The molecule has 0 bridgehead atoms. The predicted octanol–water partition coefficient (Wildman–Crippen LogP) is 4.70. The third kappa shape index (κ3) is 5.23. The molecule has 3 aromatic rings. The lowest BCUT2D eigenvalue weighted by Crippen LogP contribution is -2.52. The first-order valence-electron chi connectivity index (χ1n) is 11.6. The summed E-state index contributed by atoms with van der Waals surface area (Å²) in [4.78, 5) is 30.7. The molecule has 3 aromatic carbocycles. The quantitative estimate of drug-likeness (QED) is 0.573. The van der Waals surface area contributed by atoms with Gasteiger partial charge in [0, 0.05) is 37.5 Å². The zero-order valence-electron chi connectivity index (χ0n) is 19.0. The Morgan fingerprint density at radius 1 is 0.857 bits per heavy atom. The lowest BCUT2D eigenvalue weighted by atomic mass is 9.96. The van der Waals surface area contributed by atoms with Gasteiger partial charge in [0.05, 0.1) is 17.0 Å². The maximum Gasteiger partial charge on any atom is 0.236 e. The number of nitrogens with one attached hydrogen (secondary N) is 1. The van der Waals surface area contributed by atoms with Crippen LogP contribution in [-0.4, -0.2) is 53.0 Å². The Labute approximate surface area is 207 Å². The average Bonchev–Trinajstić information content (AvgIpc) is 3.04. The molecule has 0 spiro atoms. The van der Waals surface area contributed by atoms with Gasteiger partial charge in [0.2, 0.25) is 11.8 Å². The molecule has 2 heterocycles. The minimum absolute atomic E-state index is 0.0402. The molecule has 1 saturated heterocycles. The molecule has 5 nitrogen and oxygen atoms in total. The lowest BCUT2D eigenvalue weighted by molar-refractivity contribution is -0.134. The molecule has 8 heteroatoms. The van der Waals surface area contributed by atoms with Crippen LogP contribution >= 0.6 is 11.8 Å². The van der Waals surface area contributed by atoms with Gasteiger partial charge in [-0.25, -0.2) is 8.78 Å². The van der Waals surface area contributed by atoms with Crippen molar-refractivity contribution in [2.75, 3.05) is 31.5 Å². The highest BCUT2D eigenvalue weighted by molar-refractivity contribution is 8.00. The van der Waals surface area contributed by atoms with E-state index in [0.29, 0.717) is 26.2 Å². The number of piperazine rings is 1. The first-order chi connectivity index (χ1) is 17.0. The lowest BCUT2D eigenvalue weighted by Gasteiger charge is -2.40. The van der Waals surface area contributed by atoms with E-state index in [4.69, 9.17) is 0 Å². The van der Waals surface area contributed by atoms with E-state index >= 15 is 0 Å². The molecule has 2 aliphatic heterocycles. The molecule has 180 valence electrons. The van der Waals surface area contributed by atoms with Gasteiger partial charge in [0.1, 0.15) is 11.6 Å². The van der Waals surface area contributed by atoms with E-state index in [0.717, 1.165) is 21.7 Å². The maximum absolute atomic E-state index is 13.6. The number of fused-ring (bicyclic) bond motifs is 1. The molecule has 2 aliphatic rings. The zero-order valence-corrected chi connectivity index (χ0v) is 19.8. The van der Waals surface area contributed by atoms with Crippen molar-refractivity contribution in [2.24, 2.45) is 0 Å². The molecule has 1 N–H and O–H groups in total. The summed E-state index contributed by atoms with van der Waals surface area (Å²) in [7, 11) is 0.